The molecule has 0 fully saturated rings. The maximum Gasteiger partial charge on any atom is 0.417 e. The summed E-state index contributed by atoms with van der Waals surface area (Å²) >= 11 is 0. The molecule has 0 heterocycles. The Hall–Kier alpha value is -2.31. The summed E-state index contributed by atoms with van der Waals surface area (Å²) in [5, 5.41) is 0. The maximum atomic E-state index is 13.2. The number of halogens is 6. The lowest BCUT2D eigenvalue weighted by atomic mass is 9.90. The van der Waals surface area contributed by atoms with Gasteiger partial charge in [-0.05, 0) is 25.0 Å². The Morgan fingerprint density at radius 1 is 0.708 bits per heavy atom. The predicted molar refractivity (Wildman–Crippen MR) is 75.8 cm³/mol. The molecular formula is C17H12F6O. The largest absolute Gasteiger partial charge is 0.417 e. The molecule has 128 valence electrons. The van der Waals surface area contributed by atoms with Gasteiger partial charge in [-0.1, -0.05) is 36.4 Å². The van der Waals surface area contributed by atoms with Crippen molar-refractivity contribution in [2.24, 2.45) is 0 Å². The van der Waals surface area contributed by atoms with Crippen molar-refractivity contribution in [3.63, 3.8) is 0 Å². The van der Waals surface area contributed by atoms with E-state index in [1.807, 2.05) is 0 Å². The number of ketones is 1. The third-order valence-corrected chi connectivity index (χ3v) is 3.60. The smallest absolute Gasteiger partial charge is 0.289 e. The molecule has 0 aliphatic carbocycles. The third kappa shape index (κ3) is 3.29. The normalized spacial score (nSPS) is 12.3. The number of benzene rings is 2. The van der Waals surface area contributed by atoms with Crippen LogP contribution in [0.1, 0.15) is 38.2 Å². The van der Waals surface area contributed by atoms with E-state index in [9.17, 15) is 31.1 Å². The molecule has 0 N–H and O–H groups in total. The SMILES string of the molecule is Cc1cccc(C(=O)c2cccc(C)c2C(F)(F)F)c1C(F)(F)F. The zero-order valence-corrected chi connectivity index (χ0v) is 12.6. The molecule has 0 atom stereocenters. The number of hydrogen-bond donors (Lipinski definition) is 0. The first-order valence-electron chi connectivity index (χ1n) is 6.83. The fourth-order valence-corrected chi connectivity index (χ4v) is 2.61. The molecule has 0 aliphatic heterocycles. The van der Waals surface area contributed by atoms with Crippen LogP contribution in [-0.4, -0.2) is 5.78 Å². The maximum absolute atomic E-state index is 13.2. The second-order valence-corrected chi connectivity index (χ2v) is 5.32. The highest BCUT2D eigenvalue weighted by atomic mass is 19.4. The Morgan fingerprint density at radius 2 is 1.04 bits per heavy atom. The summed E-state index contributed by atoms with van der Waals surface area (Å²) in [6.45, 7) is 2.31. The van der Waals surface area contributed by atoms with Gasteiger partial charge in [0.2, 0.25) is 0 Å². The quantitative estimate of drug-likeness (QED) is 0.513. The summed E-state index contributed by atoms with van der Waals surface area (Å²) < 4.78 is 79.3. The summed E-state index contributed by atoms with van der Waals surface area (Å²) in [6, 6.07) is 6.50. The molecule has 0 bridgehead atoms. The van der Waals surface area contributed by atoms with Crippen LogP contribution in [0.3, 0.4) is 0 Å². The average molecular weight is 346 g/mol. The molecule has 0 aliphatic rings. The number of aryl methyl sites for hydroxylation is 2. The summed E-state index contributed by atoms with van der Waals surface area (Å²) in [4.78, 5) is 12.5. The molecule has 0 amide bonds. The summed E-state index contributed by atoms with van der Waals surface area (Å²) in [5.74, 6) is -1.30. The minimum atomic E-state index is -4.85. The number of carbonyl (C=O) groups excluding carboxylic acids is 1. The summed E-state index contributed by atoms with van der Waals surface area (Å²) in [5.41, 5.74) is -4.48. The molecule has 0 spiro atoms. The Balaban J connectivity index is 2.73. The first-order chi connectivity index (χ1) is 10.9. The molecule has 0 radical (unpaired) electrons. The zero-order valence-electron chi connectivity index (χ0n) is 12.6. The lowest BCUT2D eigenvalue weighted by Gasteiger charge is -2.18. The van der Waals surface area contributed by atoms with Crippen LogP contribution in [0.25, 0.3) is 0 Å². The van der Waals surface area contributed by atoms with E-state index in [1.165, 1.54) is 12.1 Å². The number of carbonyl (C=O) groups is 1. The van der Waals surface area contributed by atoms with Crippen LogP contribution in [0, 0.1) is 13.8 Å². The van der Waals surface area contributed by atoms with E-state index >= 15 is 0 Å². The fraction of sp³-hybridized carbons (Fsp3) is 0.235. The van der Waals surface area contributed by atoms with Crippen LogP contribution in [0.5, 0.6) is 0 Å². The summed E-state index contributed by atoms with van der Waals surface area (Å²) in [6.07, 6.45) is -9.70. The van der Waals surface area contributed by atoms with E-state index in [4.69, 9.17) is 0 Å². The van der Waals surface area contributed by atoms with Crippen molar-refractivity contribution in [2.75, 3.05) is 0 Å². The number of hydrogen-bond acceptors (Lipinski definition) is 1. The molecule has 0 aromatic heterocycles. The molecule has 0 saturated carbocycles. The van der Waals surface area contributed by atoms with Gasteiger partial charge in [-0.15, -0.1) is 0 Å². The monoisotopic (exact) mass is 346 g/mol. The Morgan fingerprint density at radius 3 is 1.33 bits per heavy atom. The molecule has 24 heavy (non-hydrogen) atoms. The third-order valence-electron chi connectivity index (χ3n) is 3.60. The van der Waals surface area contributed by atoms with Gasteiger partial charge in [0.1, 0.15) is 0 Å². The summed E-state index contributed by atoms with van der Waals surface area (Å²) in [7, 11) is 0. The van der Waals surface area contributed by atoms with Crippen molar-refractivity contribution in [3.05, 3.63) is 69.8 Å². The van der Waals surface area contributed by atoms with Gasteiger partial charge < -0.3 is 0 Å². The first kappa shape index (κ1) is 18.0. The van der Waals surface area contributed by atoms with Gasteiger partial charge >= 0.3 is 12.4 Å². The van der Waals surface area contributed by atoms with Crippen LogP contribution in [0.4, 0.5) is 26.3 Å². The molecule has 1 nitrogen and oxygen atoms in total. The standard InChI is InChI=1S/C17H12F6O/c1-9-5-3-7-11(13(9)16(18,19)20)15(24)12-8-4-6-10(2)14(12)17(21,22)23/h3-8H,1-2H3. The highest BCUT2D eigenvalue weighted by Crippen LogP contribution is 2.38. The van der Waals surface area contributed by atoms with Crippen LogP contribution in [0.15, 0.2) is 36.4 Å². The van der Waals surface area contributed by atoms with E-state index in [0.717, 1.165) is 38.1 Å². The molecule has 2 aromatic rings. The zero-order chi connectivity index (χ0) is 18.3. The predicted octanol–water partition coefficient (Wildman–Crippen LogP) is 5.57. The van der Waals surface area contributed by atoms with Crippen LogP contribution >= 0.6 is 0 Å². The molecule has 0 unspecified atom stereocenters. The second-order valence-electron chi connectivity index (χ2n) is 5.32. The highest BCUT2D eigenvalue weighted by molar-refractivity contribution is 6.11. The van der Waals surface area contributed by atoms with Gasteiger partial charge in [-0.2, -0.15) is 26.3 Å². The Labute approximate surface area is 133 Å². The van der Waals surface area contributed by atoms with Crippen molar-refractivity contribution < 1.29 is 31.1 Å². The van der Waals surface area contributed by atoms with Gasteiger partial charge in [0.05, 0.1) is 11.1 Å². The van der Waals surface area contributed by atoms with Gasteiger partial charge in [-0.3, -0.25) is 4.79 Å². The lowest BCUT2D eigenvalue weighted by molar-refractivity contribution is -0.138. The topological polar surface area (TPSA) is 17.1 Å². The van der Waals surface area contributed by atoms with Crippen molar-refractivity contribution in [1.29, 1.82) is 0 Å². The first-order valence-corrected chi connectivity index (χ1v) is 6.83. The fourth-order valence-electron chi connectivity index (χ4n) is 2.61. The van der Waals surface area contributed by atoms with Gasteiger partial charge in [0.25, 0.3) is 0 Å². The van der Waals surface area contributed by atoms with Crippen LogP contribution in [-0.2, 0) is 12.4 Å². The molecule has 2 aromatic carbocycles. The van der Waals surface area contributed by atoms with Crippen molar-refractivity contribution in [3.8, 4) is 0 Å². The van der Waals surface area contributed by atoms with E-state index in [2.05, 4.69) is 0 Å². The number of rotatable bonds is 2. The molecule has 7 heteroatoms. The van der Waals surface area contributed by atoms with Crippen LogP contribution in [0.2, 0.25) is 0 Å². The van der Waals surface area contributed by atoms with Crippen molar-refractivity contribution >= 4 is 5.78 Å². The van der Waals surface area contributed by atoms with Gasteiger partial charge in [-0.25, -0.2) is 0 Å². The van der Waals surface area contributed by atoms with E-state index in [1.54, 1.807) is 0 Å². The molecule has 2 rings (SSSR count). The molecular weight excluding hydrogens is 334 g/mol. The van der Waals surface area contributed by atoms with Gasteiger partial charge in [0, 0.05) is 11.1 Å². The lowest BCUT2D eigenvalue weighted by Crippen LogP contribution is -2.19. The van der Waals surface area contributed by atoms with E-state index in [0.29, 0.717) is 0 Å². The Kier molecular flexibility index (Phi) is 4.48. The van der Waals surface area contributed by atoms with Crippen molar-refractivity contribution in [1.82, 2.24) is 0 Å². The number of alkyl halides is 6. The average Bonchev–Trinajstić information content (AvgIpc) is 2.43. The minimum absolute atomic E-state index is 0.227. The van der Waals surface area contributed by atoms with Crippen LogP contribution < -0.4 is 0 Å². The highest BCUT2D eigenvalue weighted by Gasteiger charge is 2.40. The Bertz CT molecular complexity index is 721. The van der Waals surface area contributed by atoms with E-state index in [-0.39, 0.29) is 11.1 Å². The van der Waals surface area contributed by atoms with E-state index < -0.39 is 40.4 Å². The second kappa shape index (κ2) is 5.96. The molecule has 0 saturated heterocycles. The van der Waals surface area contributed by atoms with Crippen molar-refractivity contribution in [2.45, 2.75) is 26.2 Å². The minimum Gasteiger partial charge on any atom is -0.289 e. The van der Waals surface area contributed by atoms with Gasteiger partial charge in [0.15, 0.2) is 5.78 Å².